The van der Waals surface area contributed by atoms with Crippen molar-refractivity contribution in [2.75, 3.05) is 13.2 Å². The summed E-state index contributed by atoms with van der Waals surface area (Å²) in [7, 11) is 0. The SMILES string of the molecule is CC1(C)COC(c2ccc(Br)cc2)OC1.[Ar]. The monoisotopic (exact) mass is 310 g/mol. The summed E-state index contributed by atoms with van der Waals surface area (Å²) in [4.78, 5) is 0. The van der Waals surface area contributed by atoms with E-state index in [0.717, 1.165) is 23.2 Å². The molecule has 0 N–H and O–H groups in total. The number of hydrogen-bond donors (Lipinski definition) is 0. The number of ether oxygens (including phenoxy) is 2. The fourth-order valence-electron chi connectivity index (χ4n) is 1.50. The summed E-state index contributed by atoms with van der Waals surface area (Å²) in [5.74, 6) is 0. The topological polar surface area (TPSA) is 18.5 Å². The van der Waals surface area contributed by atoms with Gasteiger partial charge in [0.15, 0.2) is 6.29 Å². The summed E-state index contributed by atoms with van der Waals surface area (Å²) in [5, 5.41) is 0. The zero-order valence-electron chi connectivity index (χ0n) is 9.35. The van der Waals surface area contributed by atoms with Crippen LogP contribution in [0.4, 0.5) is 0 Å². The van der Waals surface area contributed by atoms with Crippen LogP contribution in [-0.2, 0) is 9.47 Å². The molecular formula is C12H15ArBrO2. The largest absolute Gasteiger partial charge is 0.348 e. The van der Waals surface area contributed by atoms with E-state index >= 15 is 0 Å². The van der Waals surface area contributed by atoms with E-state index in [9.17, 15) is 0 Å². The molecule has 1 aliphatic heterocycles. The maximum Gasteiger partial charge on any atom is 0.183 e. The van der Waals surface area contributed by atoms with Crippen LogP contribution in [0.2, 0.25) is 0 Å². The van der Waals surface area contributed by atoms with Crippen LogP contribution in [0.1, 0.15) is 25.7 Å². The van der Waals surface area contributed by atoms with E-state index in [2.05, 4.69) is 29.8 Å². The van der Waals surface area contributed by atoms with E-state index in [1.54, 1.807) is 0 Å². The summed E-state index contributed by atoms with van der Waals surface area (Å²) in [6.07, 6.45) is -0.203. The molecular weight excluding hydrogens is 296 g/mol. The minimum Gasteiger partial charge on any atom is -0.348 e. The zero-order valence-corrected chi connectivity index (χ0v) is 11.6. The van der Waals surface area contributed by atoms with Gasteiger partial charge in [-0.25, -0.2) is 0 Å². The van der Waals surface area contributed by atoms with Crippen LogP contribution in [0.15, 0.2) is 28.7 Å². The van der Waals surface area contributed by atoms with Gasteiger partial charge < -0.3 is 9.47 Å². The molecule has 0 aromatic heterocycles. The molecule has 1 fully saturated rings. The van der Waals surface area contributed by atoms with Crippen LogP contribution in [-0.4, -0.2) is 13.2 Å². The molecule has 90 valence electrons. The second kappa shape index (κ2) is 6.17. The summed E-state index contributed by atoms with van der Waals surface area (Å²) in [6.45, 7) is 5.77. The number of rotatable bonds is 1. The minimum atomic E-state index is -0.203. The molecule has 0 atom stereocenters. The molecule has 2 rings (SSSR count). The van der Waals surface area contributed by atoms with Gasteiger partial charge in [-0.1, -0.05) is 41.9 Å². The van der Waals surface area contributed by atoms with E-state index in [-0.39, 0.29) is 49.4 Å². The van der Waals surface area contributed by atoms with Gasteiger partial charge in [0.05, 0.1) is 13.2 Å². The molecule has 16 heavy (non-hydrogen) atoms. The Morgan fingerprint density at radius 2 is 1.62 bits per heavy atom. The molecule has 2 nitrogen and oxygen atoms in total. The predicted molar refractivity (Wildman–Crippen MR) is 62.6 cm³/mol. The summed E-state index contributed by atoms with van der Waals surface area (Å²) < 4.78 is 12.4. The van der Waals surface area contributed by atoms with Gasteiger partial charge in [0.25, 0.3) is 0 Å². The number of halogens is 1. The summed E-state index contributed by atoms with van der Waals surface area (Å²) in [5.41, 5.74) is 1.21. The standard InChI is InChI=1S/C12H15BrO2.Ar/c1-12(2)7-14-11(15-8-12)9-3-5-10(13)6-4-9;/h3-6,11H,7-8H2,1-2H3;. The van der Waals surface area contributed by atoms with Crippen LogP contribution in [0.5, 0.6) is 0 Å². The van der Waals surface area contributed by atoms with Crippen LogP contribution in [0.3, 0.4) is 0 Å². The van der Waals surface area contributed by atoms with E-state index in [1.807, 2.05) is 24.3 Å². The van der Waals surface area contributed by atoms with Crippen molar-refractivity contribution in [2.24, 2.45) is 5.41 Å². The maximum absolute atomic E-state index is 5.68. The van der Waals surface area contributed by atoms with Gasteiger partial charge in [0.1, 0.15) is 0 Å². The second-order valence-electron chi connectivity index (χ2n) is 4.67. The third kappa shape index (κ3) is 3.97. The zero-order chi connectivity index (χ0) is 10.9. The molecule has 4 heteroatoms. The van der Waals surface area contributed by atoms with Crippen LogP contribution in [0.25, 0.3) is 0 Å². The molecule has 1 saturated heterocycles. The van der Waals surface area contributed by atoms with Crippen LogP contribution in [0, 0.1) is 43.2 Å². The Labute approximate surface area is 135 Å². The molecule has 0 aliphatic carbocycles. The van der Waals surface area contributed by atoms with Gasteiger partial charge in [0, 0.05) is 53.2 Å². The maximum atomic E-state index is 5.68. The molecule has 0 spiro atoms. The first-order valence-electron chi connectivity index (χ1n) is 5.05. The van der Waals surface area contributed by atoms with Crippen molar-refractivity contribution in [2.45, 2.75) is 20.1 Å². The molecule has 1 heterocycles. The smallest absolute Gasteiger partial charge is 0.183 e. The molecule has 0 amide bonds. The van der Waals surface area contributed by atoms with Crippen molar-refractivity contribution in [3.8, 4) is 0 Å². The van der Waals surface area contributed by atoms with Crippen molar-refractivity contribution in [1.29, 1.82) is 0 Å². The average molecular weight is 311 g/mol. The van der Waals surface area contributed by atoms with Crippen molar-refractivity contribution >= 4 is 15.9 Å². The van der Waals surface area contributed by atoms with Gasteiger partial charge >= 0.3 is 0 Å². The second-order valence-corrected chi connectivity index (χ2v) is 5.59. The van der Waals surface area contributed by atoms with Crippen molar-refractivity contribution in [3.05, 3.63) is 34.3 Å². The first-order valence-corrected chi connectivity index (χ1v) is 5.85. The third-order valence-electron chi connectivity index (χ3n) is 2.39. The Morgan fingerprint density at radius 1 is 1.12 bits per heavy atom. The normalized spacial score (nSPS) is 20.2. The van der Waals surface area contributed by atoms with Gasteiger partial charge in [-0.2, -0.15) is 0 Å². The van der Waals surface area contributed by atoms with Crippen LogP contribution < -0.4 is 0 Å². The summed E-state index contributed by atoms with van der Waals surface area (Å²) >= 11 is 3.41. The van der Waals surface area contributed by atoms with Crippen molar-refractivity contribution < 1.29 is 47.2 Å². The summed E-state index contributed by atoms with van der Waals surface area (Å²) in [6, 6.07) is 8.05. The molecule has 0 unspecified atom stereocenters. The molecule has 1 aromatic rings. The van der Waals surface area contributed by atoms with Crippen LogP contribution >= 0.6 is 15.9 Å². The van der Waals surface area contributed by atoms with Crippen molar-refractivity contribution in [1.82, 2.24) is 0 Å². The molecule has 0 saturated carbocycles. The van der Waals surface area contributed by atoms with Crippen molar-refractivity contribution in [3.63, 3.8) is 0 Å². The van der Waals surface area contributed by atoms with E-state index in [0.29, 0.717) is 0 Å². The Morgan fingerprint density at radius 3 is 2.12 bits per heavy atom. The quantitative estimate of drug-likeness (QED) is 0.790. The number of benzene rings is 1. The number of hydrogen-bond acceptors (Lipinski definition) is 2. The Kier molecular flexibility index (Phi) is 5.76. The Balaban J connectivity index is 0.00000128. The van der Waals surface area contributed by atoms with Gasteiger partial charge in [-0.15, -0.1) is 0 Å². The van der Waals surface area contributed by atoms with Gasteiger partial charge in [-0.3, -0.25) is 0 Å². The fraction of sp³-hybridized carbons (Fsp3) is 0.500. The third-order valence-corrected chi connectivity index (χ3v) is 2.92. The predicted octanol–water partition coefficient (Wildman–Crippen LogP) is 3.52. The minimum absolute atomic E-state index is 0. The van der Waals surface area contributed by atoms with Gasteiger partial charge in [0.2, 0.25) is 0 Å². The van der Waals surface area contributed by atoms with E-state index in [1.165, 1.54) is 0 Å². The molecule has 1 aromatic carbocycles. The molecule has 1 aliphatic rings. The van der Waals surface area contributed by atoms with E-state index in [4.69, 9.17) is 9.47 Å². The molecule has 0 radical (unpaired) electrons. The Hall–Kier alpha value is 0.880. The first kappa shape index (κ1) is 14.9. The first-order chi connectivity index (χ1) is 7.07. The molecule has 0 bridgehead atoms. The van der Waals surface area contributed by atoms with Gasteiger partial charge in [-0.05, 0) is 12.1 Å². The van der Waals surface area contributed by atoms with E-state index < -0.39 is 0 Å². The fourth-order valence-corrected chi connectivity index (χ4v) is 1.77. The Bertz CT molecular complexity index is 327. The average Bonchev–Trinajstić information content (AvgIpc) is 2.20.